The van der Waals surface area contributed by atoms with Crippen molar-refractivity contribution in [3.63, 3.8) is 0 Å². The van der Waals surface area contributed by atoms with E-state index in [1.54, 1.807) is 6.07 Å². The van der Waals surface area contributed by atoms with Crippen LogP contribution in [0.3, 0.4) is 0 Å². The molecule has 0 unspecified atom stereocenters. The Morgan fingerprint density at radius 1 is 1.05 bits per heavy atom. The largest absolute Gasteiger partial charge is 0.790 e. The third-order valence-electron chi connectivity index (χ3n) is 4.49. The molecule has 0 atom stereocenters. The zero-order valence-electron chi connectivity index (χ0n) is 18.5. The normalized spacial score (nSPS) is 12.3. The molecule has 0 N–H and O–H groups in total. The lowest BCUT2D eigenvalue weighted by atomic mass is 10.2. The highest BCUT2D eigenvalue weighted by Crippen LogP contribution is 2.35. The summed E-state index contributed by atoms with van der Waals surface area (Å²) in [6, 6.07) is 4.87. The minimum absolute atomic E-state index is 0.143. The van der Waals surface area contributed by atoms with E-state index in [4.69, 9.17) is 21.6 Å². The first-order valence-corrected chi connectivity index (χ1v) is 11.6. The van der Waals surface area contributed by atoms with E-state index in [2.05, 4.69) is 14.6 Å². The summed E-state index contributed by atoms with van der Waals surface area (Å²) in [5.41, 5.74) is -8.20. The average Bonchev–Trinajstić information content (AvgIpc) is 2.79. The van der Waals surface area contributed by atoms with E-state index in [0.717, 1.165) is 18.2 Å². The van der Waals surface area contributed by atoms with Crippen LogP contribution in [0.15, 0.2) is 40.2 Å². The summed E-state index contributed by atoms with van der Waals surface area (Å²) < 4.78 is 100. The van der Waals surface area contributed by atoms with Gasteiger partial charge in [0.05, 0.1) is 38.0 Å². The van der Waals surface area contributed by atoms with Gasteiger partial charge in [0.2, 0.25) is 5.75 Å². The summed E-state index contributed by atoms with van der Waals surface area (Å²) in [4.78, 5) is 49.4. The molecule has 3 rings (SSSR count). The minimum atomic E-state index is -5.77. The number of phosphoric ester groups is 1. The molecule has 208 valence electrons. The van der Waals surface area contributed by atoms with Gasteiger partial charge in [-0.2, -0.15) is 36.7 Å². The van der Waals surface area contributed by atoms with Crippen molar-refractivity contribution in [2.24, 2.45) is 0 Å². The first kappa shape index (κ1) is 29.8. The van der Waals surface area contributed by atoms with E-state index in [1.807, 2.05) is 0 Å². The fourth-order valence-corrected chi connectivity index (χ4v) is 3.42. The predicted molar refractivity (Wildman–Crippen MR) is 111 cm³/mol. The lowest BCUT2D eigenvalue weighted by molar-refractivity contribution is -0.344. The molecule has 1 aromatic carbocycles. The molecule has 0 bridgehead atoms. The Kier molecular flexibility index (Phi) is 8.24. The first-order chi connectivity index (χ1) is 17.9. The third-order valence-corrected chi connectivity index (χ3v) is 5.14. The Bertz CT molecular complexity index is 1630. The van der Waals surface area contributed by atoms with E-state index in [9.17, 15) is 50.3 Å². The number of phosphoric acid groups is 1. The number of rotatable bonds is 7. The number of nitriles is 1. The average molecular weight is 600 g/mol. The van der Waals surface area contributed by atoms with Gasteiger partial charge in [0.15, 0.2) is 5.69 Å². The second-order valence-electron chi connectivity index (χ2n) is 7.30. The fourth-order valence-electron chi connectivity index (χ4n) is 2.95. The highest BCUT2D eigenvalue weighted by atomic mass is 35.5. The molecule has 0 radical (unpaired) electrons. The molecule has 0 fully saturated rings. The summed E-state index contributed by atoms with van der Waals surface area (Å²) >= 11 is 5.79. The second-order valence-corrected chi connectivity index (χ2v) is 8.89. The number of alkyl halides is 6. The molecule has 0 aliphatic carbocycles. The van der Waals surface area contributed by atoms with Crippen LogP contribution in [0.5, 0.6) is 11.5 Å². The van der Waals surface area contributed by atoms with Gasteiger partial charge < -0.3 is 23.6 Å². The van der Waals surface area contributed by atoms with Gasteiger partial charge in [-0.15, -0.1) is 0 Å². The molecule has 0 aliphatic heterocycles. The standard InChI is InChI=1S/C19H11ClF6N5O7P/c20-10-1-9(5-27)2-12(3-10)38-14-15(19(24,25)26)28-7-30(17(14)33)6-11-4-13(18(21,22)23)16(32)31(29-11)8-37-39(34,35)36/h1-4,7H,6,8H2,(H2,34,35,36)/p-2. The van der Waals surface area contributed by atoms with Crippen LogP contribution in [0.2, 0.25) is 5.02 Å². The highest BCUT2D eigenvalue weighted by Gasteiger charge is 2.39. The predicted octanol–water partition coefficient (Wildman–Crippen LogP) is 2.01. The molecule has 3 aromatic rings. The summed E-state index contributed by atoms with van der Waals surface area (Å²) in [7, 11) is -5.77. The summed E-state index contributed by atoms with van der Waals surface area (Å²) in [5, 5.41) is 12.2. The van der Waals surface area contributed by atoms with Gasteiger partial charge in [0.1, 0.15) is 18.0 Å². The van der Waals surface area contributed by atoms with E-state index in [1.165, 1.54) is 0 Å². The van der Waals surface area contributed by atoms with Gasteiger partial charge in [0, 0.05) is 5.02 Å². The number of ether oxygens (including phenoxy) is 1. The molecule has 12 nitrogen and oxygen atoms in total. The second kappa shape index (κ2) is 10.8. The number of halogens is 7. The maximum atomic E-state index is 13.5. The molecule has 20 heteroatoms. The molecular formula is C19H9ClF6N5O7P-2. The Labute approximate surface area is 216 Å². The zero-order chi connectivity index (χ0) is 29.3. The van der Waals surface area contributed by atoms with Crippen LogP contribution < -0.4 is 25.6 Å². The van der Waals surface area contributed by atoms with Crippen molar-refractivity contribution in [2.75, 3.05) is 0 Å². The van der Waals surface area contributed by atoms with Gasteiger partial charge in [-0.1, -0.05) is 11.6 Å². The number of hydrogen-bond donors (Lipinski definition) is 0. The van der Waals surface area contributed by atoms with Gasteiger partial charge in [0.25, 0.3) is 11.1 Å². The molecular weight excluding hydrogens is 591 g/mol. The number of nitrogens with zero attached hydrogens (tertiary/aromatic N) is 5. The summed E-state index contributed by atoms with van der Waals surface area (Å²) in [5.74, 6) is -1.92. The van der Waals surface area contributed by atoms with Crippen LogP contribution in [0.25, 0.3) is 0 Å². The highest BCUT2D eigenvalue weighted by molar-refractivity contribution is 7.43. The van der Waals surface area contributed by atoms with Gasteiger partial charge in [-0.25, -0.2) is 9.67 Å². The molecule has 0 spiro atoms. The van der Waals surface area contributed by atoms with E-state index in [0.29, 0.717) is 10.9 Å². The lowest BCUT2D eigenvalue weighted by Gasteiger charge is -2.28. The van der Waals surface area contributed by atoms with Crippen molar-refractivity contribution < 1.29 is 50.0 Å². The van der Waals surface area contributed by atoms with Crippen molar-refractivity contribution in [1.82, 2.24) is 19.3 Å². The summed E-state index contributed by atoms with van der Waals surface area (Å²) in [6.07, 6.45) is -10.3. The van der Waals surface area contributed by atoms with Crippen LogP contribution >= 0.6 is 19.4 Å². The number of aromatic nitrogens is 4. The van der Waals surface area contributed by atoms with E-state index < -0.39 is 73.0 Å². The molecule has 0 amide bonds. The Morgan fingerprint density at radius 3 is 2.28 bits per heavy atom. The SMILES string of the molecule is N#Cc1cc(Cl)cc(Oc2c(C(F)(F)F)ncn(Cc3cc(C(F)(F)F)c(=O)n(COP(=O)([O-])[O-])n3)c2=O)c1. The smallest absolute Gasteiger partial charge is 0.437 e. The maximum Gasteiger partial charge on any atom is 0.437 e. The topological polar surface area (TPSA) is 175 Å². The molecule has 0 saturated carbocycles. The van der Waals surface area contributed by atoms with Crippen molar-refractivity contribution in [3.05, 3.63) is 78.8 Å². The third kappa shape index (κ3) is 7.43. The van der Waals surface area contributed by atoms with E-state index >= 15 is 0 Å². The number of benzene rings is 1. The number of hydrogen-bond acceptors (Lipinski definition) is 10. The van der Waals surface area contributed by atoms with Gasteiger partial charge >= 0.3 is 12.4 Å². The lowest BCUT2D eigenvalue weighted by Crippen LogP contribution is -2.34. The van der Waals surface area contributed by atoms with E-state index in [-0.39, 0.29) is 21.3 Å². The van der Waals surface area contributed by atoms with Crippen molar-refractivity contribution in [2.45, 2.75) is 25.6 Å². The monoisotopic (exact) mass is 599 g/mol. The van der Waals surface area contributed by atoms with Crippen molar-refractivity contribution in [1.29, 1.82) is 5.26 Å². The minimum Gasteiger partial charge on any atom is -0.790 e. The summed E-state index contributed by atoms with van der Waals surface area (Å²) in [6.45, 7) is -2.61. The fraction of sp³-hybridized carbons (Fsp3) is 0.211. The molecule has 2 heterocycles. The molecule has 0 aliphatic rings. The van der Waals surface area contributed by atoms with Crippen LogP contribution in [-0.2, 0) is 34.7 Å². The Hall–Kier alpha value is -3.75. The molecule has 0 saturated heterocycles. The Balaban J connectivity index is 2.14. The first-order valence-electron chi connectivity index (χ1n) is 9.79. The van der Waals surface area contributed by atoms with Gasteiger partial charge in [-0.05, 0) is 24.3 Å². The maximum absolute atomic E-state index is 13.5. The van der Waals surface area contributed by atoms with Crippen LogP contribution in [0.1, 0.15) is 22.5 Å². The van der Waals surface area contributed by atoms with Gasteiger partial charge in [-0.3, -0.25) is 14.2 Å². The van der Waals surface area contributed by atoms with Crippen molar-refractivity contribution >= 4 is 19.4 Å². The van der Waals surface area contributed by atoms with Crippen LogP contribution in [0.4, 0.5) is 26.3 Å². The van der Waals surface area contributed by atoms with Crippen LogP contribution in [-0.4, -0.2) is 19.3 Å². The van der Waals surface area contributed by atoms with Crippen LogP contribution in [0, 0.1) is 11.3 Å². The molecule has 2 aromatic heterocycles. The van der Waals surface area contributed by atoms with Crippen molar-refractivity contribution in [3.8, 4) is 17.6 Å². The Morgan fingerprint density at radius 2 is 1.72 bits per heavy atom. The quantitative estimate of drug-likeness (QED) is 0.288. The zero-order valence-corrected chi connectivity index (χ0v) is 20.1. The molecule has 39 heavy (non-hydrogen) atoms.